The van der Waals surface area contributed by atoms with Crippen LogP contribution in [0.2, 0.25) is 0 Å². The van der Waals surface area contributed by atoms with Crippen LogP contribution < -0.4 is 0 Å². The number of nitrogens with zero attached hydrogens (tertiary/aromatic N) is 1. The molecule has 0 aromatic carbocycles. The van der Waals surface area contributed by atoms with Gasteiger partial charge in [-0.25, -0.2) is 4.67 Å². The molecule has 0 spiro atoms. The third kappa shape index (κ3) is 3.71. The van der Waals surface area contributed by atoms with Crippen molar-refractivity contribution in [2.75, 3.05) is 27.4 Å². The van der Waals surface area contributed by atoms with Gasteiger partial charge in [-0.2, -0.15) is 0 Å². The molecule has 0 saturated heterocycles. The van der Waals surface area contributed by atoms with E-state index in [1.165, 1.54) is 7.11 Å². The van der Waals surface area contributed by atoms with Crippen molar-refractivity contribution in [3.63, 3.8) is 0 Å². The third-order valence-electron chi connectivity index (χ3n) is 1.62. The van der Waals surface area contributed by atoms with E-state index in [1.54, 1.807) is 24.5 Å². The molecule has 0 saturated carbocycles. The van der Waals surface area contributed by atoms with Crippen molar-refractivity contribution in [2.24, 2.45) is 0 Å². The van der Waals surface area contributed by atoms with Gasteiger partial charge in [0.15, 0.2) is 0 Å². The van der Waals surface area contributed by atoms with Crippen molar-refractivity contribution in [1.29, 1.82) is 0 Å². The predicted octanol–water partition coefficient (Wildman–Crippen LogP) is 1.96. The summed E-state index contributed by atoms with van der Waals surface area (Å²) in [6.07, 6.45) is 2.63. The Morgan fingerprint density at radius 3 is 2.64 bits per heavy atom. The van der Waals surface area contributed by atoms with Crippen LogP contribution in [0.5, 0.6) is 0 Å². The zero-order valence-electron chi connectivity index (χ0n) is 7.41. The van der Waals surface area contributed by atoms with E-state index in [0.717, 1.165) is 13.0 Å². The third-order valence-corrected chi connectivity index (χ3v) is 3.73. The summed E-state index contributed by atoms with van der Waals surface area (Å²) in [6, 6.07) is 0. The summed E-state index contributed by atoms with van der Waals surface area (Å²) in [5.74, 6) is 0. The summed E-state index contributed by atoms with van der Waals surface area (Å²) in [6.45, 7) is 5.92. The normalized spacial score (nSPS) is 16.4. The smallest absolute Gasteiger partial charge is 0.268 e. The Kier molecular flexibility index (Phi) is 4.66. The van der Waals surface area contributed by atoms with E-state index in [2.05, 4.69) is 6.58 Å². The zero-order valence-corrected chi connectivity index (χ0v) is 8.30. The molecule has 0 aromatic heterocycles. The summed E-state index contributed by atoms with van der Waals surface area (Å²) in [4.78, 5) is 0. The summed E-state index contributed by atoms with van der Waals surface area (Å²) in [5, 5.41) is 0. The summed E-state index contributed by atoms with van der Waals surface area (Å²) in [7, 11) is 0.740. The lowest BCUT2D eigenvalue weighted by atomic mass is 10.4. The molecule has 66 valence electrons. The molecule has 0 radical (unpaired) electrons. The first kappa shape index (κ1) is 10.9. The van der Waals surface area contributed by atoms with Crippen LogP contribution in [0, 0.1) is 0 Å². The molecule has 1 atom stereocenters. The molecule has 0 aromatic rings. The first-order valence-electron chi connectivity index (χ1n) is 3.50. The Hall–Kier alpha value is -0.110. The first-order valence-corrected chi connectivity index (χ1v) is 5.53. The summed E-state index contributed by atoms with van der Waals surface area (Å²) >= 11 is 0. The van der Waals surface area contributed by atoms with Crippen molar-refractivity contribution >= 4 is 7.52 Å². The lowest BCUT2D eigenvalue weighted by molar-refractivity contribution is 0.335. The molecule has 1 unspecified atom stereocenters. The number of hydrogen-bond donors (Lipinski definition) is 0. The zero-order chi connectivity index (χ0) is 8.91. The Morgan fingerprint density at radius 2 is 2.27 bits per heavy atom. The maximum atomic E-state index is 11.5. The molecule has 0 fully saturated rings. The van der Waals surface area contributed by atoms with E-state index in [4.69, 9.17) is 4.52 Å². The molecule has 0 heterocycles. The van der Waals surface area contributed by atoms with Crippen LogP contribution in [0.3, 0.4) is 0 Å². The topological polar surface area (TPSA) is 29.5 Å². The predicted molar refractivity (Wildman–Crippen MR) is 48.0 cm³/mol. The van der Waals surface area contributed by atoms with Gasteiger partial charge in [-0.15, -0.1) is 6.58 Å². The van der Waals surface area contributed by atoms with Gasteiger partial charge in [0.2, 0.25) is 0 Å². The Balaban J connectivity index is 3.91. The van der Waals surface area contributed by atoms with Gasteiger partial charge in [0.25, 0.3) is 7.52 Å². The highest BCUT2D eigenvalue weighted by molar-refractivity contribution is 7.55. The molecule has 0 aliphatic heterocycles. The standard InChI is InChI=1S/C7H16NO2P/c1-5-6-7-8(2)11(4,9)10-3/h5H,1,6-7H2,2-4H3. The lowest BCUT2D eigenvalue weighted by Gasteiger charge is -2.22. The minimum Gasteiger partial charge on any atom is -0.321 e. The van der Waals surface area contributed by atoms with E-state index in [9.17, 15) is 4.57 Å². The van der Waals surface area contributed by atoms with E-state index in [-0.39, 0.29) is 0 Å². The average Bonchev–Trinajstić information content (AvgIpc) is 2.00. The first-order chi connectivity index (χ1) is 5.04. The maximum Gasteiger partial charge on any atom is 0.268 e. The molecule has 0 aliphatic rings. The fourth-order valence-electron chi connectivity index (χ4n) is 0.599. The molecule has 3 nitrogen and oxygen atoms in total. The number of hydrogen-bond acceptors (Lipinski definition) is 2. The van der Waals surface area contributed by atoms with Gasteiger partial charge in [-0.05, 0) is 13.5 Å². The van der Waals surface area contributed by atoms with Gasteiger partial charge in [0.1, 0.15) is 0 Å². The van der Waals surface area contributed by atoms with E-state index in [1.807, 2.05) is 0 Å². The van der Waals surface area contributed by atoms with Crippen LogP contribution in [0.4, 0.5) is 0 Å². The molecule has 0 bridgehead atoms. The summed E-state index contributed by atoms with van der Waals surface area (Å²) in [5.41, 5.74) is 0. The van der Waals surface area contributed by atoms with Gasteiger partial charge in [0.05, 0.1) is 0 Å². The van der Waals surface area contributed by atoms with Crippen LogP contribution in [0.25, 0.3) is 0 Å². The van der Waals surface area contributed by atoms with Gasteiger partial charge in [-0.1, -0.05) is 6.08 Å². The van der Waals surface area contributed by atoms with E-state index >= 15 is 0 Å². The second kappa shape index (κ2) is 4.70. The van der Waals surface area contributed by atoms with Crippen LogP contribution >= 0.6 is 7.52 Å². The van der Waals surface area contributed by atoms with Crippen LogP contribution in [0.15, 0.2) is 12.7 Å². The van der Waals surface area contributed by atoms with Crippen molar-refractivity contribution in [1.82, 2.24) is 4.67 Å². The molecular weight excluding hydrogens is 161 g/mol. The van der Waals surface area contributed by atoms with Crippen molar-refractivity contribution in [2.45, 2.75) is 6.42 Å². The highest BCUT2D eigenvalue weighted by Gasteiger charge is 2.19. The van der Waals surface area contributed by atoms with Crippen LogP contribution in [-0.2, 0) is 9.09 Å². The molecule has 11 heavy (non-hydrogen) atoms. The SMILES string of the molecule is C=CCCN(C)P(C)(=O)OC. The quantitative estimate of drug-likeness (QED) is 0.475. The molecular formula is C7H16NO2P. The van der Waals surface area contributed by atoms with Gasteiger partial charge in [0, 0.05) is 20.3 Å². The second-order valence-corrected chi connectivity index (χ2v) is 5.10. The largest absolute Gasteiger partial charge is 0.321 e. The minimum atomic E-state index is -2.51. The fourth-order valence-corrected chi connectivity index (χ4v) is 1.36. The van der Waals surface area contributed by atoms with Crippen molar-refractivity contribution < 1.29 is 9.09 Å². The molecule has 4 heteroatoms. The molecule has 0 N–H and O–H groups in total. The lowest BCUT2D eigenvalue weighted by Crippen LogP contribution is -2.16. The second-order valence-electron chi connectivity index (χ2n) is 2.44. The molecule has 0 rings (SSSR count). The Labute approximate surface area is 68.5 Å². The van der Waals surface area contributed by atoms with Gasteiger partial charge < -0.3 is 4.52 Å². The molecule has 0 amide bonds. The Morgan fingerprint density at radius 1 is 1.73 bits per heavy atom. The minimum absolute atomic E-state index is 0.727. The highest BCUT2D eigenvalue weighted by atomic mass is 31.2. The highest BCUT2D eigenvalue weighted by Crippen LogP contribution is 2.44. The van der Waals surface area contributed by atoms with Gasteiger partial charge >= 0.3 is 0 Å². The van der Waals surface area contributed by atoms with Crippen LogP contribution in [0.1, 0.15) is 6.42 Å². The van der Waals surface area contributed by atoms with Crippen molar-refractivity contribution in [3.05, 3.63) is 12.7 Å². The molecule has 0 aliphatic carbocycles. The number of rotatable bonds is 5. The van der Waals surface area contributed by atoms with E-state index in [0.29, 0.717) is 0 Å². The van der Waals surface area contributed by atoms with E-state index < -0.39 is 7.52 Å². The summed E-state index contributed by atoms with van der Waals surface area (Å²) < 4.78 is 18.0. The average molecular weight is 177 g/mol. The fraction of sp³-hybridized carbons (Fsp3) is 0.714. The maximum absolute atomic E-state index is 11.5. The van der Waals surface area contributed by atoms with Crippen LogP contribution in [-0.4, -0.2) is 32.0 Å². The van der Waals surface area contributed by atoms with Crippen molar-refractivity contribution in [3.8, 4) is 0 Å². The van der Waals surface area contributed by atoms with Gasteiger partial charge in [-0.3, -0.25) is 4.57 Å². The Bertz CT molecular complexity index is 170. The monoisotopic (exact) mass is 177 g/mol.